The first kappa shape index (κ1) is 14.2. The van der Waals surface area contributed by atoms with Crippen molar-refractivity contribution in [2.24, 2.45) is 0 Å². The molecular formula is C8H9NO8S. The summed E-state index contributed by atoms with van der Waals surface area (Å²) in [4.78, 5) is 8.60. The number of nitro groups is 1. The third-order valence-corrected chi connectivity index (χ3v) is 2.95. The molecule has 0 aliphatic carbocycles. The minimum Gasteiger partial charge on any atom is -0.504 e. The van der Waals surface area contributed by atoms with Gasteiger partial charge in [-0.05, 0) is 0 Å². The Bertz CT molecular complexity index is 594. The van der Waals surface area contributed by atoms with Crippen molar-refractivity contribution in [3.63, 3.8) is 0 Å². The second-order valence-corrected chi connectivity index (χ2v) is 4.62. The zero-order chi connectivity index (χ0) is 14.1. The molecule has 0 fully saturated rings. The molecule has 1 aromatic rings. The number of hydrogen-bond acceptors (Lipinski definition) is 7. The van der Waals surface area contributed by atoms with Gasteiger partial charge in [-0.25, -0.2) is 0 Å². The first-order chi connectivity index (χ1) is 8.20. The summed E-state index contributed by atoms with van der Waals surface area (Å²) in [7, 11) is -3.71. The summed E-state index contributed by atoms with van der Waals surface area (Å²) in [6.45, 7) is -0.415. The lowest BCUT2D eigenvalue weighted by atomic mass is 10.1. The van der Waals surface area contributed by atoms with E-state index in [9.17, 15) is 28.7 Å². The smallest absolute Gasteiger partial charge is 0.298 e. The Morgan fingerprint density at radius 3 is 2.33 bits per heavy atom. The number of benzene rings is 1. The van der Waals surface area contributed by atoms with Crippen LogP contribution in [-0.4, -0.2) is 35.2 Å². The van der Waals surface area contributed by atoms with E-state index < -0.39 is 49.3 Å². The maximum absolute atomic E-state index is 10.9. The van der Waals surface area contributed by atoms with Crippen LogP contribution in [0.4, 0.5) is 5.69 Å². The lowest BCUT2D eigenvalue weighted by molar-refractivity contribution is -0.386. The molecule has 0 spiro atoms. The lowest BCUT2D eigenvalue weighted by Crippen LogP contribution is -2.04. The number of methoxy groups -OCH3 is 1. The van der Waals surface area contributed by atoms with Gasteiger partial charge in [0.1, 0.15) is 10.5 Å². The normalized spacial score (nSPS) is 11.4. The molecule has 0 heterocycles. The molecule has 0 amide bonds. The van der Waals surface area contributed by atoms with Crippen molar-refractivity contribution in [1.82, 2.24) is 0 Å². The standard InChI is InChI=1S/C8H9NO8S/c1-17-3-4-5(9(12)13)2-6(18(14,15)16)8(11)7(4)10/h2,10-11H,3H2,1H3,(H,14,15,16). The van der Waals surface area contributed by atoms with E-state index in [1.807, 2.05) is 0 Å². The van der Waals surface area contributed by atoms with Crippen molar-refractivity contribution in [1.29, 1.82) is 0 Å². The van der Waals surface area contributed by atoms with Crippen LogP contribution in [0, 0.1) is 10.1 Å². The van der Waals surface area contributed by atoms with Crippen molar-refractivity contribution < 1.29 is 32.8 Å². The van der Waals surface area contributed by atoms with Crippen LogP contribution in [0.15, 0.2) is 11.0 Å². The first-order valence-electron chi connectivity index (χ1n) is 4.38. The molecule has 1 aromatic carbocycles. The van der Waals surface area contributed by atoms with Crippen molar-refractivity contribution in [2.75, 3.05) is 7.11 Å². The van der Waals surface area contributed by atoms with Gasteiger partial charge in [0.15, 0.2) is 11.5 Å². The fourth-order valence-electron chi connectivity index (χ4n) is 1.31. The zero-order valence-corrected chi connectivity index (χ0v) is 9.84. The average molecular weight is 279 g/mol. The number of ether oxygens (including phenoxy) is 1. The number of aromatic hydroxyl groups is 2. The molecule has 0 aliphatic heterocycles. The summed E-state index contributed by atoms with van der Waals surface area (Å²) >= 11 is 0. The summed E-state index contributed by atoms with van der Waals surface area (Å²) in [6.07, 6.45) is 0. The Hall–Kier alpha value is -1.91. The van der Waals surface area contributed by atoms with Crippen LogP contribution in [0.5, 0.6) is 11.5 Å². The fraction of sp³-hybridized carbons (Fsp3) is 0.250. The minimum atomic E-state index is -4.90. The van der Waals surface area contributed by atoms with Crippen LogP contribution in [-0.2, 0) is 21.5 Å². The molecule has 0 saturated heterocycles. The Kier molecular flexibility index (Phi) is 3.74. The van der Waals surface area contributed by atoms with Crippen LogP contribution in [0.3, 0.4) is 0 Å². The van der Waals surface area contributed by atoms with E-state index in [2.05, 4.69) is 4.74 Å². The third kappa shape index (κ3) is 2.50. The molecule has 0 aromatic heterocycles. The summed E-state index contributed by atoms with van der Waals surface area (Å²) in [5.41, 5.74) is -1.19. The maximum Gasteiger partial charge on any atom is 0.298 e. The van der Waals surface area contributed by atoms with E-state index in [4.69, 9.17) is 4.55 Å². The van der Waals surface area contributed by atoms with Crippen molar-refractivity contribution in [3.8, 4) is 11.5 Å². The van der Waals surface area contributed by atoms with Crippen LogP contribution in [0.25, 0.3) is 0 Å². The number of rotatable bonds is 4. The lowest BCUT2D eigenvalue weighted by Gasteiger charge is -2.09. The molecule has 3 N–H and O–H groups in total. The van der Waals surface area contributed by atoms with E-state index in [1.165, 1.54) is 7.11 Å². The van der Waals surface area contributed by atoms with Crippen molar-refractivity contribution in [2.45, 2.75) is 11.5 Å². The monoisotopic (exact) mass is 279 g/mol. The van der Waals surface area contributed by atoms with E-state index in [0.29, 0.717) is 6.07 Å². The minimum absolute atomic E-state index is 0.396. The van der Waals surface area contributed by atoms with Gasteiger partial charge in [0.05, 0.1) is 11.5 Å². The summed E-state index contributed by atoms with van der Waals surface area (Å²) in [6, 6.07) is 0.443. The predicted octanol–water partition coefficient (Wildman–Crippen LogP) is 0.399. The highest BCUT2D eigenvalue weighted by atomic mass is 32.2. The first-order valence-corrected chi connectivity index (χ1v) is 5.82. The van der Waals surface area contributed by atoms with Gasteiger partial charge in [-0.2, -0.15) is 8.42 Å². The fourth-order valence-corrected chi connectivity index (χ4v) is 1.91. The molecule has 100 valence electrons. The van der Waals surface area contributed by atoms with Crippen LogP contribution >= 0.6 is 0 Å². The van der Waals surface area contributed by atoms with Gasteiger partial charge in [-0.3, -0.25) is 14.7 Å². The van der Waals surface area contributed by atoms with E-state index in [0.717, 1.165) is 0 Å². The van der Waals surface area contributed by atoms with Gasteiger partial charge in [-0.15, -0.1) is 0 Å². The van der Waals surface area contributed by atoms with Gasteiger partial charge in [0, 0.05) is 13.2 Å². The predicted molar refractivity (Wildman–Crippen MR) is 57.0 cm³/mol. The molecule has 0 unspecified atom stereocenters. The molecule has 0 radical (unpaired) electrons. The third-order valence-electron chi connectivity index (χ3n) is 2.08. The maximum atomic E-state index is 10.9. The van der Waals surface area contributed by atoms with Gasteiger partial charge >= 0.3 is 0 Å². The number of phenols is 2. The summed E-state index contributed by atoms with van der Waals surface area (Å²) in [5.74, 6) is -2.20. The molecule has 10 heteroatoms. The molecule has 0 atom stereocenters. The topological polar surface area (TPSA) is 147 Å². The summed E-state index contributed by atoms with van der Waals surface area (Å²) in [5, 5.41) is 29.6. The van der Waals surface area contributed by atoms with Crippen LogP contribution < -0.4 is 0 Å². The Morgan fingerprint density at radius 2 is 1.94 bits per heavy atom. The zero-order valence-electron chi connectivity index (χ0n) is 9.02. The number of nitro benzene ring substituents is 1. The highest BCUT2D eigenvalue weighted by Crippen LogP contribution is 2.41. The molecule has 0 bridgehead atoms. The molecule has 0 aliphatic rings. The van der Waals surface area contributed by atoms with E-state index in [1.54, 1.807) is 0 Å². The van der Waals surface area contributed by atoms with Crippen LogP contribution in [0.1, 0.15) is 5.56 Å². The molecule has 0 saturated carbocycles. The molecule has 1 rings (SSSR count). The molecule has 18 heavy (non-hydrogen) atoms. The van der Waals surface area contributed by atoms with Crippen molar-refractivity contribution in [3.05, 3.63) is 21.7 Å². The van der Waals surface area contributed by atoms with E-state index in [-0.39, 0.29) is 0 Å². The quantitative estimate of drug-likeness (QED) is 0.310. The Balaban J connectivity index is 3.70. The van der Waals surface area contributed by atoms with Crippen molar-refractivity contribution >= 4 is 15.8 Å². The van der Waals surface area contributed by atoms with Gasteiger partial charge in [-0.1, -0.05) is 0 Å². The number of nitrogens with zero attached hydrogens (tertiary/aromatic N) is 1. The second kappa shape index (κ2) is 4.76. The largest absolute Gasteiger partial charge is 0.504 e. The highest BCUT2D eigenvalue weighted by Gasteiger charge is 2.29. The number of hydrogen-bond donors (Lipinski definition) is 3. The second-order valence-electron chi connectivity index (χ2n) is 3.23. The van der Waals surface area contributed by atoms with Crippen LogP contribution in [0.2, 0.25) is 0 Å². The van der Waals surface area contributed by atoms with Gasteiger partial charge in [0.25, 0.3) is 15.8 Å². The Labute approximate surface area is 101 Å². The van der Waals surface area contributed by atoms with Gasteiger partial charge in [0.2, 0.25) is 0 Å². The highest BCUT2D eigenvalue weighted by molar-refractivity contribution is 7.86. The molecular weight excluding hydrogens is 270 g/mol. The molecule has 9 nitrogen and oxygen atoms in total. The van der Waals surface area contributed by atoms with E-state index >= 15 is 0 Å². The number of phenolic OH excluding ortho intramolecular Hbond substituents is 2. The average Bonchev–Trinajstić information content (AvgIpc) is 2.23. The Morgan fingerprint density at radius 1 is 1.39 bits per heavy atom. The van der Waals surface area contributed by atoms with Gasteiger partial charge < -0.3 is 14.9 Å². The SMILES string of the molecule is COCc1c([N+](=O)[O-])cc(S(=O)(=O)O)c(O)c1O. The summed E-state index contributed by atoms with van der Waals surface area (Å²) < 4.78 is 35.1.